The van der Waals surface area contributed by atoms with Crippen LogP contribution in [0.25, 0.3) is 11.4 Å². The number of aromatic amines is 1. The molecule has 0 saturated carbocycles. The molecule has 2 aromatic heterocycles. The average Bonchev–Trinajstić information content (AvgIpc) is 3.14. The zero-order valence-electron chi connectivity index (χ0n) is 16.3. The van der Waals surface area contributed by atoms with E-state index < -0.39 is 5.25 Å². The molecule has 8 heteroatoms. The number of rotatable bonds is 6. The van der Waals surface area contributed by atoms with E-state index in [9.17, 15) is 9.59 Å². The number of benzene rings is 1. The first kappa shape index (κ1) is 20.4. The summed E-state index contributed by atoms with van der Waals surface area (Å²) in [6, 6.07) is 7.36. The lowest BCUT2D eigenvalue weighted by Crippen LogP contribution is -2.16. The minimum atomic E-state index is -0.391. The number of aryl methyl sites for hydroxylation is 1. The first-order chi connectivity index (χ1) is 13.2. The zero-order valence-corrected chi connectivity index (χ0v) is 17.9. The fourth-order valence-electron chi connectivity index (χ4n) is 3.21. The molecule has 1 N–H and O–H groups in total. The molecule has 0 saturated heterocycles. The lowest BCUT2D eigenvalue weighted by atomic mass is 10.0. The fourth-order valence-corrected chi connectivity index (χ4v) is 4.21. The number of hydrogen-bond acceptors (Lipinski definition) is 5. The van der Waals surface area contributed by atoms with Gasteiger partial charge in [0.1, 0.15) is 0 Å². The Kier molecular flexibility index (Phi) is 5.76. The van der Waals surface area contributed by atoms with Crippen molar-refractivity contribution in [1.29, 1.82) is 0 Å². The van der Waals surface area contributed by atoms with Crippen LogP contribution >= 0.6 is 23.4 Å². The smallest absolute Gasteiger partial charge is 0.192 e. The standard InChI is InChI=1S/C20H21ClN4O2S/c1-10-16(12(3)26)11(2)22-17(10)18(27)13(4)28-20-24-23-19(25(20)5)14-6-8-15(21)9-7-14/h6-9,13,22H,1-5H3/t13-/m1/s1. The van der Waals surface area contributed by atoms with Crippen LogP contribution in [0.2, 0.25) is 5.02 Å². The molecule has 3 rings (SSSR count). The van der Waals surface area contributed by atoms with E-state index in [1.54, 1.807) is 26.0 Å². The third-order valence-electron chi connectivity index (χ3n) is 4.62. The van der Waals surface area contributed by atoms with E-state index in [-0.39, 0.29) is 11.6 Å². The Morgan fingerprint density at radius 1 is 1.18 bits per heavy atom. The number of thioether (sulfide) groups is 1. The van der Waals surface area contributed by atoms with Crippen LogP contribution in [0.5, 0.6) is 0 Å². The molecular weight excluding hydrogens is 396 g/mol. The van der Waals surface area contributed by atoms with Gasteiger partial charge in [-0.25, -0.2) is 0 Å². The molecule has 1 aromatic carbocycles. The molecule has 146 valence electrons. The van der Waals surface area contributed by atoms with Crippen LogP contribution in [0, 0.1) is 13.8 Å². The molecule has 0 amide bonds. The van der Waals surface area contributed by atoms with E-state index in [4.69, 9.17) is 11.6 Å². The summed E-state index contributed by atoms with van der Waals surface area (Å²) in [6.07, 6.45) is 0. The third kappa shape index (κ3) is 3.77. The lowest BCUT2D eigenvalue weighted by molar-refractivity contribution is 0.0988. The maximum atomic E-state index is 12.9. The van der Waals surface area contributed by atoms with Gasteiger partial charge in [-0.05, 0) is 57.5 Å². The van der Waals surface area contributed by atoms with Crippen molar-refractivity contribution in [3.63, 3.8) is 0 Å². The van der Waals surface area contributed by atoms with Crippen molar-refractivity contribution in [1.82, 2.24) is 19.7 Å². The van der Waals surface area contributed by atoms with Crippen LogP contribution in [0.1, 0.15) is 46.0 Å². The summed E-state index contributed by atoms with van der Waals surface area (Å²) in [7, 11) is 1.86. The molecule has 6 nitrogen and oxygen atoms in total. The van der Waals surface area contributed by atoms with Crippen molar-refractivity contribution in [3.05, 3.63) is 51.8 Å². The summed E-state index contributed by atoms with van der Waals surface area (Å²) in [5.41, 5.74) is 3.37. The molecule has 2 heterocycles. The molecule has 0 fully saturated rings. The number of carbonyl (C=O) groups excluding carboxylic acids is 2. The molecule has 0 aliphatic rings. The topological polar surface area (TPSA) is 80.6 Å². The number of halogens is 1. The Bertz CT molecular complexity index is 1050. The Morgan fingerprint density at radius 2 is 1.82 bits per heavy atom. The average molecular weight is 417 g/mol. The number of H-pyrrole nitrogens is 1. The quantitative estimate of drug-likeness (QED) is 0.467. The van der Waals surface area contributed by atoms with Gasteiger partial charge in [-0.2, -0.15) is 0 Å². The van der Waals surface area contributed by atoms with Crippen LogP contribution in [0.4, 0.5) is 0 Å². The maximum absolute atomic E-state index is 12.9. The van der Waals surface area contributed by atoms with Crippen molar-refractivity contribution in [2.75, 3.05) is 0 Å². The van der Waals surface area contributed by atoms with E-state index in [0.29, 0.717) is 38.5 Å². The van der Waals surface area contributed by atoms with Crippen molar-refractivity contribution >= 4 is 34.9 Å². The number of carbonyl (C=O) groups is 2. The van der Waals surface area contributed by atoms with Gasteiger partial charge in [0.05, 0.1) is 10.9 Å². The minimum absolute atomic E-state index is 0.0495. The molecule has 0 aliphatic heterocycles. The normalized spacial score (nSPS) is 12.2. The zero-order chi connectivity index (χ0) is 20.6. The van der Waals surface area contributed by atoms with Crippen LogP contribution < -0.4 is 0 Å². The molecule has 0 radical (unpaired) electrons. The highest BCUT2D eigenvalue weighted by Crippen LogP contribution is 2.29. The molecule has 3 aromatic rings. The molecule has 28 heavy (non-hydrogen) atoms. The highest BCUT2D eigenvalue weighted by atomic mass is 35.5. The van der Waals surface area contributed by atoms with E-state index >= 15 is 0 Å². The van der Waals surface area contributed by atoms with E-state index in [0.717, 1.165) is 5.56 Å². The summed E-state index contributed by atoms with van der Waals surface area (Å²) in [5.74, 6) is 0.574. The highest BCUT2D eigenvalue weighted by Gasteiger charge is 2.26. The first-order valence-electron chi connectivity index (χ1n) is 8.77. The Labute approximate surface area is 172 Å². The van der Waals surface area contributed by atoms with Crippen LogP contribution in [-0.4, -0.2) is 36.6 Å². The summed E-state index contributed by atoms with van der Waals surface area (Å²) in [4.78, 5) is 27.8. The molecule has 0 unspecified atom stereocenters. The van der Waals surface area contributed by atoms with Crippen molar-refractivity contribution in [2.45, 2.75) is 38.1 Å². The van der Waals surface area contributed by atoms with Gasteiger partial charge in [-0.3, -0.25) is 9.59 Å². The van der Waals surface area contributed by atoms with Crippen LogP contribution in [0.3, 0.4) is 0 Å². The summed E-state index contributed by atoms with van der Waals surface area (Å²) < 4.78 is 1.85. The molecule has 1 atom stereocenters. The summed E-state index contributed by atoms with van der Waals surface area (Å²) in [5, 5.41) is 9.38. The fraction of sp³-hybridized carbons (Fsp3) is 0.300. The Balaban J connectivity index is 1.83. The van der Waals surface area contributed by atoms with Gasteiger partial charge in [-0.1, -0.05) is 23.4 Å². The van der Waals surface area contributed by atoms with Gasteiger partial charge in [-0.15, -0.1) is 10.2 Å². The number of aromatic nitrogens is 4. The van der Waals surface area contributed by atoms with Crippen molar-refractivity contribution < 1.29 is 9.59 Å². The van der Waals surface area contributed by atoms with Gasteiger partial charge in [0.15, 0.2) is 22.5 Å². The number of nitrogens with one attached hydrogen (secondary N) is 1. The highest BCUT2D eigenvalue weighted by molar-refractivity contribution is 8.00. The van der Waals surface area contributed by atoms with Crippen molar-refractivity contribution in [3.8, 4) is 11.4 Å². The number of nitrogens with zero attached hydrogens (tertiary/aromatic N) is 3. The number of hydrogen-bond donors (Lipinski definition) is 1. The van der Waals surface area contributed by atoms with E-state index in [2.05, 4.69) is 15.2 Å². The van der Waals surface area contributed by atoms with Crippen LogP contribution in [0.15, 0.2) is 29.4 Å². The second-order valence-electron chi connectivity index (χ2n) is 6.68. The lowest BCUT2D eigenvalue weighted by Gasteiger charge is -2.10. The molecule has 0 bridgehead atoms. The Morgan fingerprint density at radius 3 is 2.39 bits per heavy atom. The first-order valence-corrected chi connectivity index (χ1v) is 10.0. The SMILES string of the molecule is CC(=O)c1c(C)[nH]c(C(=O)[C@@H](C)Sc2nnc(-c3ccc(Cl)cc3)n2C)c1C. The number of Topliss-reactive ketones (excluding diaryl/α,β-unsaturated/α-hetero) is 2. The van der Waals surface area contributed by atoms with Gasteiger partial charge in [0, 0.05) is 28.9 Å². The van der Waals surface area contributed by atoms with Gasteiger partial charge < -0.3 is 9.55 Å². The second-order valence-corrected chi connectivity index (χ2v) is 8.42. The largest absolute Gasteiger partial charge is 0.355 e. The Hall–Kier alpha value is -2.38. The monoisotopic (exact) mass is 416 g/mol. The predicted molar refractivity (Wildman–Crippen MR) is 111 cm³/mol. The maximum Gasteiger partial charge on any atom is 0.192 e. The molecule has 0 aliphatic carbocycles. The number of ketones is 2. The van der Waals surface area contributed by atoms with E-state index in [1.165, 1.54) is 18.7 Å². The van der Waals surface area contributed by atoms with Crippen LogP contribution in [-0.2, 0) is 7.05 Å². The minimum Gasteiger partial charge on any atom is -0.355 e. The predicted octanol–water partition coefficient (Wildman–Crippen LogP) is 4.65. The summed E-state index contributed by atoms with van der Waals surface area (Å²) >= 11 is 7.28. The second kappa shape index (κ2) is 7.93. The van der Waals surface area contributed by atoms with Gasteiger partial charge in [0.2, 0.25) is 0 Å². The summed E-state index contributed by atoms with van der Waals surface area (Å²) in [6.45, 7) is 6.94. The van der Waals surface area contributed by atoms with E-state index in [1.807, 2.05) is 30.7 Å². The van der Waals surface area contributed by atoms with Gasteiger partial charge in [0.25, 0.3) is 0 Å². The van der Waals surface area contributed by atoms with Crippen molar-refractivity contribution in [2.24, 2.45) is 7.05 Å². The third-order valence-corrected chi connectivity index (χ3v) is 6.01. The molecular formula is C20H21ClN4O2S. The van der Waals surface area contributed by atoms with Gasteiger partial charge >= 0.3 is 0 Å². The molecule has 0 spiro atoms.